The molecule has 3 aromatic carbocycles. The first-order valence-corrected chi connectivity index (χ1v) is 14.9. The van der Waals surface area contributed by atoms with E-state index >= 15 is 0 Å². The van der Waals surface area contributed by atoms with E-state index in [1.54, 1.807) is 16.7 Å². The van der Waals surface area contributed by atoms with Gasteiger partial charge in [0.05, 0.1) is 29.9 Å². The molecule has 0 aliphatic heterocycles. The molecule has 2 heterocycles. The molecule has 0 unspecified atom stereocenters. The first-order chi connectivity index (χ1) is 19.7. The molecule has 210 valence electrons. The second-order valence-electron chi connectivity index (χ2n) is 9.79. The van der Waals surface area contributed by atoms with Crippen molar-refractivity contribution in [3.63, 3.8) is 0 Å². The van der Waals surface area contributed by atoms with Crippen molar-refractivity contribution in [1.82, 2.24) is 13.9 Å². The molecule has 1 N–H and O–H groups in total. The van der Waals surface area contributed by atoms with Gasteiger partial charge in [-0.25, -0.2) is 13.4 Å². The zero-order chi connectivity index (χ0) is 29.0. The normalized spacial score (nSPS) is 11.7. The van der Waals surface area contributed by atoms with Crippen LogP contribution in [0.3, 0.4) is 0 Å². The Balaban J connectivity index is 1.46. The Bertz CT molecular complexity index is 1720. The lowest BCUT2D eigenvalue weighted by Gasteiger charge is -2.21. The zero-order valence-electron chi connectivity index (χ0n) is 22.6. The average Bonchev–Trinajstić information content (AvgIpc) is 3.64. The number of benzene rings is 3. The third-order valence-electron chi connectivity index (χ3n) is 6.55. The molecule has 0 saturated heterocycles. The lowest BCUT2D eigenvalue weighted by molar-refractivity contribution is -0.116. The highest BCUT2D eigenvalue weighted by atomic mass is 35.5. The van der Waals surface area contributed by atoms with Gasteiger partial charge in [-0.05, 0) is 60.0 Å². The Morgan fingerprint density at radius 3 is 2.32 bits per heavy atom. The summed E-state index contributed by atoms with van der Waals surface area (Å²) in [6.45, 7) is 3.65. The van der Waals surface area contributed by atoms with Crippen LogP contribution in [0.25, 0.3) is 16.9 Å². The van der Waals surface area contributed by atoms with Crippen molar-refractivity contribution in [3.8, 4) is 16.9 Å². The first-order valence-electron chi connectivity index (χ1n) is 13.0. The standard InChI is InChI=1S/C31H29ClN4O4S/c1-22(2)23-10-14-26(15-11-23)36-20-29(24-7-4-3-5-8-24)33-31(36)34-30(37)21-35(19-27-9-6-18-40-27)41(38,39)28-16-12-25(32)13-17-28/h3-18,20,22H,19,21H2,1-2H3,(H,33,34,37). The molecule has 2 aromatic heterocycles. The third-order valence-corrected chi connectivity index (χ3v) is 8.61. The van der Waals surface area contributed by atoms with E-state index in [1.165, 1.54) is 36.1 Å². The smallest absolute Gasteiger partial charge is 0.243 e. The van der Waals surface area contributed by atoms with Crippen LogP contribution < -0.4 is 5.32 Å². The Kier molecular flexibility index (Phi) is 8.39. The number of furan rings is 1. The van der Waals surface area contributed by atoms with Crippen LogP contribution in [0.4, 0.5) is 5.95 Å². The first kappa shape index (κ1) is 28.4. The van der Waals surface area contributed by atoms with Crippen LogP contribution in [0, 0.1) is 0 Å². The fourth-order valence-electron chi connectivity index (χ4n) is 4.32. The van der Waals surface area contributed by atoms with Crippen LogP contribution in [0.15, 0.2) is 113 Å². The Hall–Kier alpha value is -4.18. The molecule has 8 nitrogen and oxygen atoms in total. The third kappa shape index (κ3) is 6.59. The van der Waals surface area contributed by atoms with Crippen molar-refractivity contribution in [1.29, 1.82) is 0 Å². The summed E-state index contributed by atoms with van der Waals surface area (Å²) in [7, 11) is -4.07. The van der Waals surface area contributed by atoms with Crippen LogP contribution in [0.5, 0.6) is 0 Å². The number of carbonyl (C=O) groups is 1. The number of aromatic nitrogens is 2. The van der Waals surface area contributed by atoms with Gasteiger partial charge in [0.15, 0.2) is 0 Å². The van der Waals surface area contributed by atoms with Crippen molar-refractivity contribution in [2.24, 2.45) is 0 Å². The molecule has 0 saturated carbocycles. The maximum absolute atomic E-state index is 13.6. The van der Waals surface area contributed by atoms with Gasteiger partial charge in [0.1, 0.15) is 5.76 Å². The summed E-state index contributed by atoms with van der Waals surface area (Å²) in [5.41, 5.74) is 3.53. The molecule has 5 rings (SSSR count). The SMILES string of the molecule is CC(C)c1ccc(-n2cc(-c3ccccc3)nc2NC(=O)CN(Cc2ccco2)S(=O)(=O)c2ccc(Cl)cc2)cc1. The van der Waals surface area contributed by atoms with Crippen LogP contribution in [-0.2, 0) is 21.4 Å². The summed E-state index contributed by atoms with van der Waals surface area (Å²) in [6.07, 6.45) is 3.30. The van der Waals surface area contributed by atoms with Crippen LogP contribution in [0.1, 0.15) is 31.1 Å². The Labute approximate surface area is 244 Å². The highest BCUT2D eigenvalue weighted by molar-refractivity contribution is 7.89. The number of sulfonamides is 1. The minimum absolute atomic E-state index is 0.0133. The maximum Gasteiger partial charge on any atom is 0.243 e. The average molecular weight is 589 g/mol. The van der Waals surface area contributed by atoms with E-state index in [4.69, 9.17) is 21.0 Å². The molecule has 0 spiro atoms. The quantitative estimate of drug-likeness (QED) is 0.195. The minimum atomic E-state index is -4.07. The molecule has 0 atom stereocenters. The van der Waals surface area contributed by atoms with E-state index in [9.17, 15) is 13.2 Å². The summed E-state index contributed by atoms with van der Waals surface area (Å²) < 4.78 is 35.4. The number of nitrogens with one attached hydrogen (secondary N) is 1. The number of rotatable bonds is 10. The van der Waals surface area contributed by atoms with Gasteiger partial charge in [-0.1, -0.05) is 67.9 Å². The predicted octanol–water partition coefficient (Wildman–Crippen LogP) is 6.74. The minimum Gasteiger partial charge on any atom is -0.468 e. The topological polar surface area (TPSA) is 97.4 Å². The van der Waals surface area contributed by atoms with Crippen molar-refractivity contribution in [2.75, 3.05) is 11.9 Å². The van der Waals surface area contributed by atoms with Crippen molar-refractivity contribution in [2.45, 2.75) is 31.2 Å². The van der Waals surface area contributed by atoms with Gasteiger partial charge in [-0.3, -0.25) is 14.7 Å². The molecule has 10 heteroatoms. The van der Waals surface area contributed by atoms with E-state index in [-0.39, 0.29) is 17.4 Å². The van der Waals surface area contributed by atoms with Gasteiger partial charge in [0, 0.05) is 22.5 Å². The molecule has 0 radical (unpaired) electrons. The number of anilines is 1. The molecule has 0 aliphatic rings. The number of imidazole rings is 1. The summed E-state index contributed by atoms with van der Waals surface area (Å²) >= 11 is 5.97. The van der Waals surface area contributed by atoms with Gasteiger partial charge in [-0.2, -0.15) is 4.31 Å². The molecular weight excluding hydrogens is 560 g/mol. The Morgan fingerprint density at radius 1 is 0.976 bits per heavy atom. The van der Waals surface area contributed by atoms with Crippen molar-refractivity contribution >= 4 is 33.5 Å². The summed E-state index contributed by atoms with van der Waals surface area (Å²) in [4.78, 5) is 18.1. The number of carbonyl (C=O) groups excluding carboxylic acids is 1. The number of nitrogens with zero attached hydrogens (tertiary/aromatic N) is 3. The lowest BCUT2D eigenvalue weighted by Crippen LogP contribution is -2.37. The van der Waals surface area contributed by atoms with Crippen LogP contribution in [0.2, 0.25) is 5.02 Å². The summed E-state index contributed by atoms with van der Waals surface area (Å²) in [6, 6.07) is 26.7. The lowest BCUT2D eigenvalue weighted by atomic mass is 10.0. The fourth-order valence-corrected chi connectivity index (χ4v) is 5.80. The van der Waals surface area contributed by atoms with E-state index in [1.807, 2.05) is 60.8 Å². The van der Waals surface area contributed by atoms with Crippen molar-refractivity contribution in [3.05, 3.63) is 120 Å². The largest absolute Gasteiger partial charge is 0.468 e. The van der Waals surface area contributed by atoms with Gasteiger partial charge < -0.3 is 4.42 Å². The van der Waals surface area contributed by atoms with Crippen LogP contribution in [-0.4, -0.2) is 34.7 Å². The van der Waals surface area contributed by atoms with E-state index < -0.39 is 22.5 Å². The van der Waals surface area contributed by atoms with Gasteiger partial charge >= 0.3 is 0 Å². The van der Waals surface area contributed by atoms with Crippen LogP contribution >= 0.6 is 11.6 Å². The Morgan fingerprint density at radius 2 is 1.68 bits per heavy atom. The molecule has 0 bridgehead atoms. The monoisotopic (exact) mass is 588 g/mol. The van der Waals surface area contributed by atoms with Gasteiger partial charge in [-0.15, -0.1) is 0 Å². The van der Waals surface area contributed by atoms with Crippen molar-refractivity contribution < 1.29 is 17.6 Å². The summed E-state index contributed by atoms with van der Waals surface area (Å²) in [5, 5.41) is 3.24. The second-order valence-corrected chi connectivity index (χ2v) is 12.2. The van der Waals surface area contributed by atoms with Gasteiger partial charge in [0.2, 0.25) is 21.9 Å². The number of amides is 1. The van der Waals surface area contributed by atoms with E-state index in [0.717, 1.165) is 15.6 Å². The molecular formula is C31H29ClN4O4S. The van der Waals surface area contributed by atoms with Gasteiger partial charge in [0.25, 0.3) is 0 Å². The maximum atomic E-state index is 13.6. The molecule has 1 amide bonds. The van der Waals surface area contributed by atoms with E-state index in [0.29, 0.717) is 22.4 Å². The second kappa shape index (κ2) is 12.1. The zero-order valence-corrected chi connectivity index (χ0v) is 24.1. The number of halogens is 1. The molecule has 0 aliphatic carbocycles. The molecule has 0 fully saturated rings. The molecule has 41 heavy (non-hydrogen) atoms. The predicted molar refractivity (Wildman–Crippen MR) is 159 cm³/mol. The number of hydrogen-bond acceptors (Lipinski definition) is 5. The highest BCUT2D eigenvalue weighted by Crippen LogP contribution is 2.26. The van der Waals surface area contributed by atoms with E-state index in [2.05, 4.69) is 19.2 Å². The fraction of sp³-hybridized carbons (Fsp3) is 0.161. The summed E-state index contributed by atoms with van der Waals surface area (Å²) in [5.74, 6) is 0.481. The molecule has 5 aromatic rings. The highest BCUT2D eigenvalue weighted by Gasteiger charge is 2.28. The number of hydrogen-bond donors (Lipinski definition) is 1.